The maximum atomic E-state index is 12.0. The van der Waals surface area contributed by atoms with E-state index in [9.17, 15) is 4.79 Å². The minimum absolute atomic E-state index is 0.0713. The first-order valence-corrected chi connectivity index (χ1v) is 9.64. The molecular formula is C21H26N6O3. The quantitative estimate of drug-likeness (QED) is 0.522. The van der Waals surface area contributed by atoms with Gasteiger partial charge in [0.15, 0.2) is 24.0 Å². The molecule has 0 spiro atoms. The van der Waals surface area contributed by atoms with E-state index in [4.69, 9.17) is 9.47 Å². The van der Waals surface area contributed by atoms with Crippen LogP contribution < -0.4 is 20.1 Å². The van der Waals surface area contributed by atoms with Crippen LogP contribution >= 0.6 is 0 Å². The largest absolute Gasteiger partial charge is 0.488 e. The number of nitrogens with one attached hydrogen (secondary N) is 3. The van der Waals surface area contributed by atoms with Crippen molar-refractivity contribution in [3.05, 3.63) is 42.9 Å². The number of carbonyl (C=O) groups excluding carboxylic acids is 1. The number of anilines is 2. The minimum atomic E-state index is -0.309. The van der Waals surface area contributed by atoms with Gasteiger partial charge in [-0.25, -0.2) is 9.97 Å². The Labute approximate surface area is 175 Å². The number of carbonyl (C=O) groups is 1. The summed E-state index contributed by atoms with van der Waals surface area (Å²) in [6.07, 6.45) is 4.99. The van der Waals surface area contributed by atoms with Gasteiger partial charge in [-0.2, -0.15) is 5.10 Å². The number of aromatic amines is 1. The first kappa shape index (κ1) is 21.1. The van der Waals surface area contributed by atoms with Gasteiger partial charge in [-0.1, -0.05) is 12.1 Å². The van der Waals surface area contributed by atoms with E-state index in [1.807, 2.05) is 39.8 Å². The number of hydrogen-bond acceptors (Lipinski definition) is 7. The molecule has 1 amide bonds. The number of amides is 1. The molecule has 0 unspecified atom stereocenters. The Kier molecular flexibility index (Phi) is 6.51. The molecular weight excluding hydrogens is 384 g/mol. The van der Waals surface area contributed by atoms with E-state index in [-0.39, 0.29) is 18.1 Å². The molecule has 0 fully saturated rings. The van der Waals surface area contributed by atoms with Crippen LogP contribution in [0.15, 0.2) is 42.9 Å². The fourth-order valence-corrected chi connectivity index (χ4v) is 2.64. The lowest BCUT2D eigenvalue weighted by atomic mass is 10.1. The second-order valence-corrected chi connectivity index (χ2v) is 7.57. The number of ether oxygens (including phenoxy) is 2. The Morgan fingerprint density at radius 2 is 2.03 bits per heavy atom. The average molecular weight is 410 g/mol. The standard InChI is InChI=1S/C21H26N6O3/c1-5-29-17-12-22-19(26-20(17)25-15-10-23-24-11-15)14-7-6-8-16(9-14)30-13-18(28)27-21(2,3)4/h6-12H,5,13H2,1-4H3,(H,23,24)(H,27,28)(H,22,25,26). The average Bonchev–Trinajstić information content (AvgIpc) is 3.20. The van der Waals surface area contributed by atoms with Gasteiger partial charge in [0.05, 0.1) is 24.7 Å². The zero-order valence-electron chi connectivity index (χ0n) is 17.5. The highest BCUT2D eigenvalue weighted by Crippen LogP contribution is 2.28. The van der Waals surface area contributed by atoms with Crippen molar-refractivity contribution in [1.29, 1.82) is 0 Å². The number of nitrogens with zero attached hydrogens (tertiary/aromatic N) is 3. The molecule has 3 rings (SSSR count). The summed E-state index contributed by atoms with van der Waals surface area (Å²) >= 11 is 0. The van der Waals surface area contributed by atoms with E-state index in [1.165, 1.54) is 0 Å². The zero-order valence-corrected chi connectivity index (χ0v) is 17.5. The van der Waals surface area contributed by atoms with Crippen molar-refractivity contribution in [3.63, 3.8) is 0 Å². The monoisotopic (exact) mass is 410 g/mol. The lowest BCUT2D eigenvalue weighted by Crippen LogP contribution is -2.43. The van der Waals surface area contributed by atoms with Gasteiger partial charge in [-0.05, 0) is 39.8 Å². The van der Waals surface area contributed by atoms with Crippen molar-refractivity contribution in [3.8, 4) is 22.9 Å². The lowest BCUT2D eigenvalue weighted by molar-refractivity contribution is -0.124. The van der Waals surface area contributed by atoms with E-state index in [2.05, 4.69) is 30.8 Å². The van der Waals surface area contributed by atoms with Crippen LogP contribution in [0, 0.1) is 0 Å². The SMILES string of the molecule is CCOc1cnc(-c2cccc(OCC(=O)NC(C)(C)C)c2)nc1Nc1cn[nH]c1. The zero-order chi connectivity index (χ0) is 21.6. The Bertz CT molecular complexity index is 983. The van der Waals surface area contributed by atoms with Crippen LogP contribution in [0.5, 0.6) is 11.5 Å². The van der Waals surface area contributed by atoms with E-state index >= 15 is 0 Å². The summed E-state index contributed by atoms with van der Waals surface area (Å²) < 4.78 is 11.3. The van der Waals surface area contributed by atoms with Crippen molar-refractivity contribution in [2.45, 2.75) is 33.2 Å². The molecule has 0 radical (unpaired) electrons. The summed E-state index contributed by atoms with van der Waals surface area (Å²) in [4.78, 5) is 21.0. The molecule has 0 saturated carbocycles. The van der Waals surface area contributed by atoms with Gasteiger partial charge < -0.3 is 20.1 Å². The maximum Gasteiger partial charge on any atom is 0.258 e. The Morgan fingerprint density at radius 3 is 2.73 bits per heavy atom. The number of H-pyrrole nitrogens is 1. The first-order chi connectivity index (χ1) is 14.3. The highest BCUT2D eigenvalue weighted by atomic mass is 16.5. The molecule has 30 heavy (non-hydrogen) atoms. The van der Waals surface area contributed by atoms with Gasteiger partial charge in [0.25, 0.3) is 5.91 Å². The Morgan fingerprint density at radius 1 is 1.20 bits per heavy atom. The molecule has 0 atom stereocenters. The Balaban J connectivity index is 1.78. The van der Waals surface area contributed by atoms with Gasteiger partial charge in [0.1, 0.15) is 5.75 Å². The van der Waals surface area contributed by atoms with Crippen LogP contribution in [-0.4, -0.2) is 44.8 Å². The molecule has 1 aromatic carbocycles. The first-order valence-electron chi connectivity index (χ1n) is 9.64. The highest BCUT2D eigenvalue weighted by Gasteiger charge is 2.15. The second kappa shape index (κ2) is 9.25. The predicted molar refractivity (Wildman–Crippen MR) is 114 cm³/mol. The smallest absolute Gasteiger partial charge is 0.258 e. The van der Waals surface area contributed by atoms with Gasteiger partial charge in [0, 0.05) is 17.3 Å². The molecule has 0 aliphatic carbocycles. The molecule has 3 aromatic rings. The van der Waals surface area contributed by atoms with Crippen molar-refractivity contribution in [1.82, 2.24) is 25.5 Å². The van der Waals surface area contributed by atoms with Crippen molar-refractivity contribution < 1.29 is 14.3 Å². The van der Waals surface area contributed by atoms with Crippen molar-refractivity contribution >= 4 is 17.4 Å². The molecule has 9 heteroatoms. The van der Waals surface area contributed by atoms with Crippen LogP contribution in [0.4, 0.5) is 11.5 Å². The summed E-state index contributed by atoms with van der Waals surface area (Å²) in [5, 5.41) is 12.7. The number of benzene rings is 1. The topological polar surface area (TPSA) is 114 Å². The van der Waals surface area contributed by atoms with E-state index in [0.717, 1.165) is 11.3 Å². The van der Waals surface area contributed by atoms with Crippen LogP contribution in [0.25, 0.3) is 11.4 Å². The number of rotatable bonds is 8. The molecule has 158 valence electrons. The lowest BCUT2D eigenvalue weighted by Gasteiger charge is -2.20. The summed E-state index contributed by atoms with van der Waals surface area (Å²) in [5.41, 5.74) is 1.20. The third-order valence-corrected chi connectivity index (χ3v) is 3.79. The number of hydrogen-bond donors (Lipinski definition) is 3. The molecule has 0 aliphatic heterocycles. The van der Waals surface area contributed by atoms with Gasteiger partial charge in [0.2, 0.25) is 0 Å². The van der Waals surface area contributed by atoms with Crippen LogP contribution in [-0.2, 0) is 4.79 Å². The maximum absolute atomic E-state index is 12.0. The van der Waals surface area contributed by atoms with Crippen LogP contribution in [0.3, 0.4) is 0 Å². The second-order valence-electron chi connectivity index (χ2n) is 7.57. The molecule has 0 aliphatic rings. The van der Waals surface area contributed by atoms with Gasteiger partial charge >= 0.3 is 0 Å². The molecule has 0 saturated heterocycles. The molecule has 9 nitrogen and oxygen atoms in total. The summed E-state index contributed by atoms with van der Waals surface area (Å²) in [6.45, 7) is 8.07. The number of aromatic nitrogens is 4. The normalized spacial score (nSPS) is 11.1. The van der Waals surface area contributed by atoms with Crippen LogP contribution in [0.1, 0.15) is 27.7 Å². The van der Waals surface area contributed by atoms with E-state index in [1.54, 1.807) is 30.7 Å². The predicted octanol–water partition coefficient (Wildman–Crippen LogP) is 3.30. The summed E-state index contributed by atoms with van der Waals surface area (Å²) in [6, 6.07) is 7.28. The summed E-state index contributed by atoms with van der Waals surface area (Å²) in [7, 11) is 0. The molecule has 2 aromatic heterocycles. The molecule has 3 N–H and O–H groups in total. The fourth-order valence-electron chi connectivity index (χ4n) is 2.64. The van der Waals surface area contributed by atoms with Crippen molar-refractivity contribution in [2.75, 3.05) is 18.5 Å². The fraction of sp³-hybridized carbons (Fsp3) is 0.333. The third-order valence-electron chi connectivity index (χ3n) is 3.79. The Hall–Kier alpha value is -3.62. The highest BCUT2D eigenvalue weighted by molar-refractivity contribution is 5.78. The van der Waals surface area contributed by atoms with Crippen LogP contribution in [0.2, 0.25) is 0 Å². The van der Waals surface area contributed by atoms with Gasteiger partial charge in [-0.15, -0.1) is 0 Å². The molecule has 2 heterocycles. The minimum Gasteiger partial charge on any atom is -0.488 e. The van der Waals surface area contributed by atoms with E-state index < -0.39 is 0 Å². The third kappa shape index (κ3) is 5.94. The van der Waals surface area contributed by atoms with E-state index in [0.29, 0.717) is 29.7 Å². The summed E-state index contributed by atoms with van der Waals surface area (Å²) in [5.74, 6) is 1.93. The van der Waals surface area contributed by atoms with Gasteiger partial charge in [-0.3, -0.25) is 9.89 Å². The molecule has 0 bridgehead atoms. The van der Waals surface area contributed by atoms with Crippen molar-refractivity contribution in [2.24, 2.45) is 0 Å².